The molecule has 0 aromatic carbocycles. The van der Waals surface area contributed by atoms with E-state index < -0.39 is 0 Å². The number of nitrogens with two attached hydrogens (primary N) is 1. The minimum absolute atomic E-state index is 0.0467. The van der Waals surface area contributed by atoms with Crippen molar-refractivity contribution in [1.29, 1.82) is 0 Å². The van der Waals surface area contributed by atoms with E-state index in [4.69, 9.17) is 10.9 Å². The third-order valence-corrected chi connectivity index (χ3v) is 4.15. The molecule has 0 unspecified atom stereocenters. The average Bonchev–Trinajstić information content (AvgIpc) is 2.99. The highest BCUT2D eigenvalue weighted by atomic mass is 32.1. The monoisotopic (exact) mass is 304 g/mol. The van der Waals surface area contributed by atoms with Gasteiger partial charge in [-0.2, -0.15) is 0 Å². The number of nitrogens with zero attached hydrogens (tertiary/aromatic N) is 3. The van der Waals surface area contributed by atoms with Crippen LogP contribution >= 0.6 is 11.3 Å². The summed E-state index contributed by atoms with van der Waals surface area (Å²) in [5, 5.41) is 14.0. The van der Waals surface area contributed by atoms with Crippen LogP contribution in [0.5, 0.6) is 0 Å². The highest BCUT2D eigenvalue weighted by Crippen LogP contribution is 2.17. The van der Waals surface area contributed by atoms with E-state index in [2.05, 4.69) is 46.4 Å². The van der Waals surface area contributed by atoms with E-state index >= 15 is 0 Å². The summed E-state index contributed by atoms with van der Waals surface area (Å²) < 4.78 is 0. The van der Waals surface area contributed by atoms with Crippen LogP contribution in [-0.4, -0.2) is 27.0 Å². The first-order chi connectivity index (χ1) is 10.1. The van der Waals surface area contributed by atoms with E-state index in [0.29, 0.717) is 18.3 Å². The smallest absolute Gasteiger partial charge is 0.189 e. The predicted octanol–water partition coefficient (Wildman–Crippen LogP) is 2.65. The first kappa shape index (κ1) is 15.5. The van der Waals surface area contributed by atoms with E-state index in [-0.39, 0.29) is 5.84 Å². The fraction of sp³-hybridized carbons (Fsp3) is 0.333. The van der Waals surface area contributed by atoms with Gasteiger partial charge in [0.05, 0.1) is 0 Å². The van der Waals surface area contributed by atoms with E-state index in [1.54, 1.807) is 17.5 Å². The maximum atomic E-state index is 8.87. The van der Waals surface area contributed by atoms with Crippen LogP contribution < -0.4 is 5.73 Å². The highest BCUT2D eigenvalue weighted by Gasteiger charge is 2.15. The molecule has 2 aromatic heterocycles. The van der Waals surface area contributed by atoms with Gasteiger partial charge >= 0.3 is 0 Å². The predicted molar refractivity (Wildman–Crippen MR) is 85.4 cm³/mol. The molecule has 112 valence electrons. The Hall–Kier alpha value is -1.92. The Bertz CT molecular complexity index is 595. The van der Waals surface area contributed by atoms with Crippen LogP contribution in [-0.2, 0) is 13.1 Å². The van der Waals surface area contributed by atoms with Crippen molar-refractivity contribution in [1.82, 2.24) is 9.88 Å². The largest absolute Gasteiger partial charge is 0.409 e. The van der Waals surface area contributed by atoms with Crippen molar-refractivity contribution < 1.29 is 5.21 Å². The third kappa shape index (κ3) is 4.03. The zero-order valence-corrected chi connectivity index (χ0v) is 13.0. The zero-order chi connectivity index (χ0) is 15.2. The number of aromatic nitrogens is 1. The summed E-state index contributed by atoms with van der Waals surface area (Å²) in [6, 6.07) is 8.41. The molecule has 0 saturated carbocycles. The van der Waals surface area contributed by atoms with Gasteiger partial charge in [-0.1, -0.05) is 17.3 Å². The summed E-state index contributed by atoms with van der Waals surface area (Å²) in [7, 11) is 0. The first-order valence-electron chi connectivity index (χ1n) is 6.80. The standard InChI is InChI=1S/C15H20N4OS/c1-11(2)19(10-13-6-4-8-21-13)9-12-5-3-7-17-14(12)15(16)18-20/h3-8,11,20H,9-10H2,1-2H3,(H2,16,18). The molecule has 2 aromatic rings. The molecule has 0 spiro atoms. The number of hydrogen-bond donors (Lipinski definition) is 2. The number of thiophene rings is 1. The second kappa shape index (κ2) is 7.19. The quantitative estimate of drug-likeness (QED) is 0.372. The van der Waals surface area contributed by atoms with Gasteiger partial charge in [-0.05, 0) is 36.9 Å². The Labute approximate surface area is 128 Å². The Morgan fingerprint density at radius 1 is 1.38 bits per heavy atom. The molecule has 2 heterocycles. The maximum absolute atomic E-state index is 8.87. The second-order valence-electron chi connectivity index (χ2n) is 5.07. The molecule has 0 bridgehead atoms. The highest BCUT2D eigenvalue weighted by molar-refractivity contribution is 7.09. The number of rotatable bonds is 6. The fourth-order valence-electron chi connectivity index (χ4n) is 2.09. The van der Waals surface area contributed by atoms with Gasteiger partial charge in [0.15, 0.2) is 5.84 Å². The molecule has 0 saturated heterocycles. The summed E-state index contributed by atoms with van der Waals surface area (Å²) in [5.41, 5.74) is 7.20. The molecule has 0 amide bonds. The molecule has 0 aliphatic rings. The Balaban J connectivity index is 2.21. The molecule has 0 atom stereocenters. The molecular formula is C15H20N4OS. The van der Waals surface area contributed by atoms with Crippen molar-refractivity contribution in [3.8, 4) is 0 Å². The van der Waals surface area contributed by atoms with Gasteiger partial charge in [0.25, 0.3) is 0 Å². The van der Waals surface area contributed by atoms with Gasteiger partial charge in [0, 0.05) is 30.2 Å². The molecule has 6 heteroatoms. The summed E-state index contributed by atoms with van der Waals surface area (Å²) in [6.45, 7) is 5.90. The van der Waals surface area contributed by atoms with E-state index in [1.807, 2.05) is 12.1 Å². The lowest BCUT2D eigenvalue weighted by Gasteiger charge is -2.26. The van der Waals surface area contributed by atoms with Crippen molar-refractivity contribution in [3.05, 3.63) is 52.0 Å². The normalized spacial score (nSPS) is 12.3. The van der Waals surface area contributed by atoms with Crippen LogP contribution in [0.1, 0.15) is 30.0 Å². The summed E-state index contributed by atoms with van der Waals surface area (Å²) >= 11 is 1.75. The second-order valence-corrected chi connectivity index (χ2v) is 6.11. The third-order valence-electron chi connectivity index (χ3n) is 3.28. The molecule has 0 aliphatic heterocycles. The van der Waals surface area contributed by atoms with Gasteiger partial charge < -0.3 is 10.9 Å². The zero-order valence-electron chi connectivity index (χ0n) is 12.2. The molecule has 0 radical (unpaired) electrons. The van der Waals surface area contributed by atoms with Gasteiger partial charge in [-0.3, -0.25) is 9.88 Å². The van der Waals surface area contributed by atoms with Crippen molar-refractivity contribution >= 4 is 17.2 Å². The topological polar surface area (TPSA) is 74.7 Å². The Morgan fingerprint density at radius 3 is 2.81 bits per heavy atom. The number of pyridine rings is 1. The van der Waals surface area contributed by atoms with Crippen LogP contribution in [0.4, 0.5) is 0 Å². The summed E-state index contributed by atoms with van der Waals surface area (Å²) in [5.74, 6) is 0.0467. The lowest BCUT2D eigenvalue weighted by atomic mass is 10.1. The minimum Gasteiger partial charge on any atom is -0.409 e. The molecule has 21 heavy (non-hydrogen) atoms. The van der Waals surface area contributed by atoms with E-state index in [9.17, 15) is 0 Å². The Morgan fingerprint density at radius 2 is 2.19 bits per heavy atom. The van der Waals surface area contributed by atoms with Gasteiger partial charge in [-0.15, -0.1) is 11.3 Å². The summed E-state index contributed by atoms with van der Waals surface area (Å²) in [6.07, 6.45) is 1.65. The molecule has 2 rings (SSSR count). The van der Waals surface area contributed by atoms with Gasteiger partial charge in [0.2, 0.25) is 0 Å². The number of amidine groups is 1. The number of oxime groups is 1. The fourth-order valence-corrected chi connectivity index (χ4v) is 2.82. The number of hydrogen-bond acceptors (Lipinski definition) is 5. The SMILES string of the molecule is CC(C)N(Cc1cccs1)Cc1cccnc1C(N)=NO. The van der Waals surface area contributed by atoms with Crippen molar-refractivity contribution in [3.63, 3.8) is 0 Å². The molecular weight excluding hydrogens is 284 g/mol. The molecule has 0 aliphatic carbocycles. The van der Waals surface area contributed by atoms with Crippen LogP contribution in [0, 0.1) is 0 Å². The molecule has 0 fully saturated rings. The van der Waals surface area contributed by atoms with Crippen LogP contribution in [0.2, 0.25) is 0 Å². The van der Waals surface area contributed by atoms with Gasteiger partial charge in [-0.25, -0.2) is 0 Å². The first-order valence-corrected chi connectivity index (χ1v) is 7.68. The Kier molecular flexibility index (Phi) is 5.30. The lowest BCUT2D eigenvalue weighted by molar-refractivity contribution is 0.205. The minimum atomic E-state index is 0.0467. The van der Waals surface area contributed by atoms with Crippen LogP contribution in [0.25, 0.3) is 0 Å². The molecule has 5 nitrogen and oxygen atoms in total. The van der Waals surface area contributed by atoms with Crippen LogP contribution in [0.15, 0.2) is 41.0 Å². The van der Waals surface area contributed by atoms with Gasteiger partial charge in [0.1, 0.15) is 5.69 Å². The van der Waals surface area contributed by atoms with Crippen LogP contribution in [0.3, 0.4) is 0 Å². The lowest BCUT2D eigenvalue weighted by Crippen LogP contribution is -2.31. The molecule has 3 N–H and O–H groups in total. The van der Waals surface area contributed by atoms with Crippen molar-refractivity contribution in [2.45, 2.75) is 33.0 Å². The van der Waals surface area contributed by atoms with E-state index in [0.717, 1.165) is 12.1 Å². The van der Waals surface area contributed by atoms with Crippen molar-refractivity contribution in [2.75, 3.05) is 0 Å². The van der Waals surface area contributed by atoms with Crippen molar-refractivity contribution in [2.24, 2.45) is 10.9 Å². The summed E-state index contributed by atoms with van der Waals surface area (Å²) in [4.78, 5) is 7.87. The average molecular weight is 304 g/mol. The maximum Gasteiger partial charge on any atom is 0.189 e. The van der Waals surface area contributed by atoms with E-state index in [1.165, 1.54) is 4.88 Å².